The molecule has 0 aliphatic heterocycles. The summed E-state index contributed by atoms with van der Waals surface area (Å²) >= 11 is 1.54. The Hall–Kier alpha value is -2.50. The minimum Gasteiger partial charge on any atom is -0.386 e. The first-order chi connectivity index (χ1) is 11.2. The molecule has 1 amide bonds. The molecular formula is C18H16N2O2S. The molecular weight excluding hydrogens is 308 g/mol. The molecule has 1 atom stereocenters. The van der Waals surface area contributed by atoms with Crippen molar-refractivity contribution in [1.29, 1.82) is 0 Å². The Labute approximate surface area is 138 Å². The number of aliphatic hydroxyl groups is 1. The monoisotopic (exact) mass is 324 g/mol. The van der Waals surface area contributed by atoms with Gasteiger partial charge in [-0.25, -0.2) is 0 Å². The van der Waals surface area contributed by atoms with Crippen LogP contribution in [0.15, 0.2) is 60.9 Å². The fraction of sp³-hybridized carbons (Fsp3) is 0.111. The number of amides is 1. The standard InChI is InChI=1S/C18H16N2O2S/c21-15(17-10-14-5-1-2-6-16(14)23-17)12-20-18(22)8-7-13-4-3-9-19-11-13/h1-11,15,21H,12H2,(H,20,22)/b8-7+. The number of pyridine rings is 1. The van der Waals surface area contributed by atoms with Crippen LogP contribution in [0.5, 0.6) is 0 Å². The maximum atomic E-state index is 11.8. The molecule has 2 heterocycles. The number of carbonyl (C=O) groups excluding carboxylic acids is 1. The van der Waals surface area contributed by atoms with Crippen molar-refractivity contribution < 1.29 is 9.90 Å². The fourth-order valence-corrected chi connectivity index (χ4v) is 3.22. The molecule has 23 heavy (non-hydrogen) atoms. The van der Waals surface area contributed by atoms with Gasteiger partial charge in [-0.3, -0.25) is 9.78 Å². The van der Waals surface area contributed by atoms with Gasteiger partial charge < -0.3 is 10.4 Å². The number of aromatic nitrogens is 1. The maximum Gasteiger partial charge on any atom is 0.244 e. The quantitative estimate of drug-likeness (QED) is 0.709. The molecule has 1 unspecified atom stereocenters. The van der Waals surface area contributed by atoms with Gasteiger partial charge in [0.2, 0.25) is 5.91 Å². The molecule has 5 heteroatoms. The summed E-state index contributed by atoms with van der Waals surface area (Å²) in [6.45, 7) is 0.184. The summed E-state index contributed by atoms with van der Waals surface area (Å²) in [6, 6.07) is 13.6. The highest BCUT2D eigenvalue weighted by molar-refractivity contribution is 7.19. The SMILES string of the molecule is O=C(/C=C/c1cccnc1)NCC(O)c1cc2ccccc2s1. The van der Waals surface area contributed by atoms with Crippen LogP contribution in [-0.2, 0) is 4.79 Å². The predicted octanol–water partition coefficient (Wildman–Crippen LogP) is 3.16. The van der Waals surface area contributed by atoms with Crippen molar-refractivity contribution in [2.24, 2.45) is 0 Å². The minimum absolute atomic E-state index is 0.184. The van der Waals surface area contributed by atoms with Crippen molar-refractivity contribution in [1.82, 2.24) is 10.3 Å². The van der Waals surface area contributed by atoms with Gasteiger partial charge in [-0.1, -0.05) is 24.3 Å². The summed E-state index contributed by atoms with van der Waals surface area (Å²) < 4.78 is 1.13. The van der Waals surface area contributed by atoms with Crippen molar-refractivity contribution in [2.75, 3.05) is 6.54 Å². The van der Waals surface area contributed by atoms with Crippen LogP contribution >= 0.6 is 11.3 Å². The predicted molar refractivity (Wildman–Crippen MR) is 93.1 cm³/mol. The number of nitrogens with one attached hydrogen (secondary N) is 1. The molecule has 2 aromatic heterocycles. The third-order valence-electron chi connectivity index (χ3n) is 3.35. The number of fused-ring (bicyclic) bond motifs is 1. The molecule has 1 aromatic carbocycles. The van der Waals surface area contributed by atoms with E-state index in [2.05, 4.69) is 10.3 Å². The van der Waals surface area contributed by atoms with Crippen LogP contribution in [0, 0.1) is 0 Å². The minimum atomic E-state index is -0.705. The molecule has 0 bridgehead atoms. The van der Waals surface area contributed by atoms with Crippen molar-refractivity contribution in [3.63, 3.8) is 0 Å². The van der Waals surface area contributed by atoms with Crippen LogP contribution in [0.4, 0.5) is 0 Å². The van der Waals surface area contributed by atoms with Gasteiger partial charge in [-0.15, -0.1) is 11.3 Å². The normalized spacial score (nSPS) is 12.6. The molecule has 0 spiro atoms. The molecule has 116 valence electrons. The largest absolute Gasteiger partial charge is 0.386 e. The van der Waals surface area contributed by atoms with Crippen molar-refractivity contribution >= 4 is 33.4 Å². The summed E-state index contributed by atoms with van der Waals surface area (Å²) in [5, 5.41) is 14.0. The zero-order valence-corrected chi connectivity index (χ0v) is 13.2. The first-order valence-corrected chi connectivity index (χ1v) is 8.06. The van der Waals surface area contributed by atoms with E-state index in [0.29, 0.717) is 0 Å². The second-order valence-electron chi connectivity index (χ2n) is 5.07. The number of rotatable bonds is 5. The van der Waals surface area contributed by atoms with Crippen LogP contribution < -0.4 is 5.32 Å². The molecule has 0 fully saturated rings. The van der Waals surface area contributed by atoms with Crippen LogP contribution in [-0.4, -0.2) is 22.5 Å². The lowest BCUT2D eigenvalue weighted by Crippen LogP contribution is -2.26. The second-order valence-corrected chi connectivity index (χ2v) is 6.18. The molecule has 0 aliphatic rings. The Morgan fingerprint density at radius 1 is 1.30 bits per heavy atom. The number of carbonyl (C=O) groups is 1. The van der Waals surface area contributed by atoms with E-state index in [4.69, 9.17) is 0 Å². The van der Waals surface area contributed by atoms with Crippen LogP contribution in [0.25, 0.3) is 16.2 Å². The number of hydrogen-bond acceptors (Lipinski definition) is 4. The zero-order chi connectivity index (χ0) is 16.1. The molecule has 2 N–H and O–H groups in total. The van der Waals surface area contributed by atoms with Crippen molar-refractivity contribution in [2.45, 2.75) is 6.10 Å². The Kier molecular flexibility index (Phi) is 4.80. The van der Waals surface area contributed by atoms with Gasteiger partial charge in [0.25, 0.3) is 0 Å². The third-order valence-corrected chi connectivity index (χ3v) is 4.57. The van der Waals surface area contributed by atoms with Gasteiger partial charge in [0.15, 0.2) is 0 Å². The van der Waals surface area contributed by atoms with Gasteiger partial charge in [-0.05, 0) is 35.2 Å². The molecule has 4 nitrogen and oxygen atoms in total. The molecule has 3 aromatic rings. The lowest BCUT2D eigenvalue weighted by atomic mass is 10.2. The van der Waals surface area contributed by atoms with E-state index in [0.717, 1.165) is 20.5 Å². The molecule has 0 radical (unpaired) electrons. The summed E-state index contributed by atoms with van der Waals surface area (Å²) in [6.07, 6.45) is 5.78. The first-order valence-electron chi connectivity index (χ1n) is 7.25. The Morgan fingerprint density at radius 3 is 2.96 bits per heavy atom. The first kappa shape index (κ1) is 15.4. The van der Waals surface area contributed by atoms with E-state index in [9.17, 15) is 9.90 Å². The van der Waals surface area contributed by atoms with E-state index in [-0.39, 0.29) is 12.5 Å². The average molecular weight is 324 g/mol. The smallest absolute Gasteiger partial charge is 0.244 e. The van der Waals surface area contributed by atoms with Crippen molar-refractivity contribution in [3.05, 3.63) is 71.4 Å². The van der Waals surface area contributed by atoms with Gasteiger partial charge >= 0.3 is 0 Å². The van der Waals surface area contributed by atoms with E-state index >= 15 is 0 Å². The summed E-state index contributed by atoms with van der Waals surface area (Å²) in [5.41, 5.74) is 0.854. The number of benzene rings is 1. The highest BCUT2D eigenvalue weighted by Gasteiger charge is 2.11. The Balaban J connectivity index is 1.57. The lowest BCUT2D eigenvalue weighted by molar-refractivity contribution is -0.116. The number of hydrogen-bond donors (Lipinski definition) is 2. The van der Waals surface area contributed by atoms with E-state index in [1.165, 1.54) is 17.4 Å². The van der Waals surface area contributed by atoms with Gasteiger partial charge in [0.1, 0.15) is 6.10 Å². The van der Waals surface area contributed by atoms with Crippen LogP contribution in [0.2, 0.25) is 0 Å². The maximum absolute atomic E-state index is 11.8. The summed E-state index contributed by atoms with van der Waals surface area (Å²) in [4.78, 5) is 16.6. The topological polar surface area (TPSA) is 62.2 Å². The van der Waals surface area contributed by atoms with Gasteiger partial charge in [0, 0.05) is 34.6 Å². The van der Waals surface area contributed by atoms with Crippen LogP contribution in [0.1, 0.15) is 16.5 Å². The fourth-order valence-electron chi connectivity index (χ4n) is 2.17. The van der Waals surface area contributed by atoms with Crippen LogP contribution in [0.3, 0.4) is 0 Å². The Morgan fingerprint density at radius 2 is 2.17 bits per heavy atom. The lowest BCUT2D eigenvalue weighted by Gasteiger charge is -2.08. The molecule has 0 saturated heterocycles. The van der Waals surface area contributed by atoms with Crippen molar-refractivity contribution in [3.8, 4) is 0 Å². The van der Waals surface area contributed by atoms with Gasteiger partial charge in [0.05, 0.1) is 0 Å². The second kappa shape index (κ2) is 7.17. The Bertz CT molecular complexity index is 794. The zero-order valence-electron chi connectivity index (χ0n) is 12.3. The number of aliphatic hydroxyl groups excluding tert-OH is 1. The highest BCUT2D eigenvalue weighted by Crippen LogP contribution is 2.29. The van der Waals surface area contributed by atoms with Gasteiger partial charge in [-0.2, -0.15) is 0 Å². The van der Waals surface area contributed by atoms with E-state index in [1.54, 1.807) is 18.5 Å². The highest BCUT2D eigenvalue weighted by atomic mass is 32.1. The summed E-state index contributed by atoms with van der Waals surface area (Å²) in [5.74, 6) is -0.242. The number of thiophene rings is 1. The molecule has 0 aliphatic carbocycles. The molecule has 3 rings (SSSR count). The number of nitrogens with zero attached hydrogens (tertiary/aromatic N) is 1. The molecule has 0 saturated carbocycles. The van der Waals surface area contributed by atoms with E-state index in [1.807, 2.05) is 42.5 Å². The summed E-state index contributed by atoms with van der Waals surface area (Å²) in [7, 11) is 0. The van der Waals surface area contributed by atoms with E-state index < -0.39 is 6.10 Å². The average Bonchev–Trinajstić information content (AvgIpc) is 3.03. The third kappa shape index (κ3) is 4.03.